The van der Waals surface area contributed by atoms with Crippen LogP contribution in [0.5, 0.6) is 5.75 Å². The maximum Gasteiger partial charge on any atom is 0.267 e. The third kappa shape index (κ3) is 3.89. The molecule has 1 aliphatic carbocycles. The Hall–Kier alpha value is -3.52. The number of carbonyl (C=O) groups is 2. The second-order valence-electron chi connectivity index (χ2n) is 7.45. The maximum absolute atomic E-state index is 14.5. The molecule has 32 heavy (non-hydrogen) atoms. The van der Waals surface area contributed by atoms with Gasteiger partial charge < -0.3 is 15.7 Å². The molecule has 0 bridgehead atoms. The van der Waals surface area contributed by atoms with E-state index in [0.29, 0.717) is 29.5 Å². The topological polar surface area (TPSA) is 96.5 Å². The molecular formula is C23H18ClF2N3O3. The Balaban J connectivity index is 1.84. The van der Waals surface area contributed by atoms with Crippen molar-refractivity contribution in [3.8, 4) is 5.75 Å². The summed E-state index contributed by atoms with van der Waals surface area (Å²) in [6.07, 6.45) is 2.07. The van der Waals surface area contributed by atoms with E-state index in [1.807, 2.05) is 0 Å². The van der Waals surface area contributed by atoms with E-state index < -0.39 is 40.8 Å². The van der Waals surface area contributed by atoms with Crippen LogP contribution in [0.3, 0.4) is 0 Å². The molecule has 0 aliphatic heterocycles. The van der Waals surface area contributed by atoms with E-state index in [9.17, 15) is 23.5 Å². The van der Waals surface area contributed by atoms with Crippen LogP contribution in [0.25, 0.3) is 0 Å². The van der Waals surface area contributed by atoms with Crippen molar-refractivity contribution in [3.63, 3.8) is 0 Å². The summed E-state index contributed by atoms with van der Waals surface area (Å²) in [6.45, 7) is -0.170. The van der Waals surface area contributed by atoms with Gasteiger partial charge in [0.1, 0.15) is 28.6 Å². The third-order valence-electron chi connectivity index (χ3n) is 5.53. The minimum absolute atomic E-state index is 0.0430. The van der Waals surface area contributed by atoms with E-state index >= 15 is 0 Å². The summed E-state index contributed by atoms with van der Waals surface area (Å²) in [5, 5.41) is 10.4. The van der Waals surface area contributed by atoms with Gasteiger partial charge in [0.05, 0.1) is 6.04 Å². The number of primary amides is 1. The highest BCUT2D eigenvalue weighted by molar-refractivity contribution is 6.30. The normalized spacial score (nSPS) is 14.8. The van der Waals surface area contributed by atoms with Crippen LogP contribution < -0.4 is 5.73 Å². The molecule has 164 valence electrons. The predicted octanol–water partition coefficient (Wildman–Crippen LogP) is 4.15. The number of hydrogen-bond acceptors (Lipinski definition) is 4. The molecule has 9 heteroatoms. The third-order valence-corrected chi connectivity index (χ3v) is 5.75. The van der Waals surface area contributed by atoms with Crippen molar-refractivity contribution < 1.29 is 23.5 Å². The zero-order valence-electron chi connectivity index (χ0n) is 16.7. The standard InChI is InChI=1S/C23H18ClF2N3O3/c24-13-9-15-14(17(26)10-13)6-7-18(15)29(11-12-3-2-8-28-21(12)22(27)31)23(32)20-16(25)4-1-5-19(20)30/h1-5,8-10,18,30H,6-7,11H2,(H2,27,31)/t18-/m1/s1. The van der Waals surface area contributed by atoms with E-state index in [0.717, 1.165) is 6.07 Å². The molecule has 0 saturated heterocycles. The minimum Gasteiger partial charge on any atom is -0.507 e. The summed E-state index contributed by atoms with van der Waals surface area (Å²) >= 11 is 6.06. The molecule has 4 rings (SSSR count). The fourth-order valence-corrected chi connectivity index (χ4v) is 4.32. The monoisotopic (exact) mass is 457 g/mol. The van der Waals surface area contributed by atoms with Crippen LogP contribution in [0.1, 0.15) is 50.0 Å². The molecule has 0 fully saturated rings. The number of rotatable bonds is 5. The first-order valence-electron chi connectivity index (χ1n) is 9.78. The van der Waals surface area contributed by atoms with Gasteiger partial charge in [-0.1, -0.05) is 23.7 Å². The number of pyridine rings is 1. The summed E-state index contributed by atoms with van der Waals surface area (Å²) in [6, 6.07) is 8.77. The summed E-state index contributed by atoms with van der Waals surface area (Å²) < 4.78 is 29.0. The average Bonchev–Trinajstić information content (AvgIpc) is 3.15. The second-order valence-corrected chi connectivity index (χ2v) is 7.89. The smallest absolute Gasteiger partial charge is 0.267 e. The number of aromatic nitrogens is 1. The van der Waals surface area contributed by atoms with Crippen LogP contribution in [0.4, 0.5) is 8.78 Å². The number of benzene rings is 2. The predicted molar refractivity (Wildman–Crippen MR) is 113 cm³/mol. The van der Waals surface area contributed by atoms with Crippen LogP contribution in [0.15, 0.2) is 48.7 Å². The molecule has 0 unspecified atom stereocenters. The highest BCUT2D eigenvalue weighted by Crippen LogP contribution is 2.41. The van der Waals surface area contributed by atoms with Gasteiger partial charge in [-0.3, -0.25) is 14.6 Å². The number of hydrogen-bond donors (Lipinski definition) is 2. The number of phenols is 1. The number of halogens is 3. The summed E-state index contributed by atoms with van der Waals surface area (Å²) in [5.74, 6) is -3.54. The molecule has 1 heterocycles. The summed E-state index contributed by atoms with van der Waals surface area (Å²) in [4.78, 5) is 30.6. The molecule has 0 radical (unpaired) electrons. The Morgan fingerprint density at radius 2 is 1.97 bits per heavy atom. The number of amides is 2. The van der Waals surface area contributed by atoms with Crippen molar-refractivity contribution in [2.75, 3.05) is 0 Å². The number of nitrogens with zero attached hydrogens (tertiary/aromatic N) is 2. The number of fused-ring (bicyclic) bond motifs is 1. The van der Waals surface area contributed by atoms with E-state index in [-0.39, 0.29) is 17.3 Å². The maximum atomic E-state index is 14.5. The first-order valence-corrected chi connectivity index (χ1v) is 10.2. The SMILES string of the molecule is NC(=O)c1ncccc1CN(C(=O)c1c(O)cccc1F)[C@@H]1CCc2c(F)cc(Cl)cc21. The quantitative estimate of drug-likeness (QED) is 0.601. The average molecular weight is 458 g/mol. The van der Waals surface area contributed by atoms with Gasteiger partial charge in [-0.15, -0.1) is 0 Å². The largest absolute Gasteiger partial charge is 0.507 e. The van der Waals surface area contributed by atoms with Crippen molar-refractivity contribution in [2.45, 2.75) is 25.4 Å². The van der Waals surface area contributed by atoms with Gasteiger partial charge in [0.15, 0.2) is 0 Å². The lowest BCUT2D eigenvalue weighted by atomic mass is 10.0. The molecule has 2 amide bonds. The molecule has 6 nitrogen and oxygen atoms in total. The lowest BCUT2D eigenvalue weighted by Crippen LogP contribution is -2.35. The summed E-state index contributed by atoms with van der Waals surface area (Å²) in [5.41, 5.74) is 6.10. The van der Waals surface area contributed by atoms with Crippen LogP contribution in [0, 0.1) is 11.6 Å². The fourth-order valence-electron chi connectivity index (χ4n) is 4.11. The molecule has 3 aromatic rings. The number of aromatic hydroxyl groups is 1. The first kappa shape index (κ1) is 21.7. The van der Waals surface area contributed by atoms with E-state index in [1.54, 1.807) is 18.2 Å². The molecule has 1 atom stereocenters. The molecule has 2 aromatic carbocycles. The Labute approximate surface area is 187 Å². The van der Waals surface area contributed by atoms with Gasteiger partial charge in [0.2, 0.25) is 0 Å². The Morgan fingerprint density at radius 1 is 1.19 bits per heavy atom. The molecule has 0 saturated carbocycles. The van der Waals surface area contributed by atoms with Gasteiger partial charge in [0, 0.05) is 23.3 Å². The van der Waals surface area contributed by atoms with Gasteiger partial charge in [-0.25, -0.2) is 8.78 Å². The van der Waals surface area contributed by atoms with Crippen molar-refractivity contribution in [1.29, 1.82) is 0 Å². The Kier molecular flexibility index (Phi) is 5.80. The van der Waals surface area contributed by atoms with Crippen LogP contribution in [-0.2, 0) is 13.0 Å². The number of carbonyl (C=O) groups excluding carboxylic acids is 2. The highest BCUT2D eigenvalue weighted by Gasteiger charge is 2.36. The second kappa shape index (κ2) is 8.55. The zero-order valence-corrected chi connectivity index (χ0v) is 17.4. The van der Waals surface area contributed by atoms with Crippen molar-refractivity contribution in [1.82, 2.24) is 9.88 Å². The van der Waals surface area contributed by atoms with Crippen molar-refractivity contribution in [2.24, 2.45) is 5.73 Å². The minimum atomic E-state index is -0.906. The lowest BCUT2D eigenvalue weighted by molar-refractivity contribution is 0.0647. The number of nitrogens with two attached hydrogens (primary N) is 1. The van der Waals surface area contributed by atoms with Gasteiger partial charge in [-0.2, -0.15) is 0 Å². The molecule has 0 spiro atoms. The van der Waals surface area contributed by atoms with Crippen LogP contribution in [0.2, 0.25) is 5.02 Å². The molecular weight excluding hydrogens is 440 g/mol. The fraction of sp³-hybridized carbons (Fsp3) is 0.174. The number of phenolic OH excluding ortho intramolecular Hbond substituents is 1. The van der Waals surface area contributed by atoms with Crippen molar-refractivity contribution in [3.05, 3.63) is 93.3 Å². The zero-order chi connectivity index (χ0) is 23.0. The van der Waals surface area contributed by atoms with Gasteiger partial charge in [-0.05, 0) is 54.3 Å². The molecule has 1 aromatic heterocycles. The van der Waals surface area contributed by atoms with Gasteiger partial charge in [0.25, 0.3) is 11.8 Å². The van der Waals surface area contributed by atoms with Crippen molar-refractivity contribution >= 4 is 23.4 Å². The Bertz CT molecular complexity index is 1210. The highest BCUT2D eigenvalue weighted by atomic mass is 35.5. The molecule has 1 aliphatic rings. The molecule has 3 N–H and O–H groups in total. The van der Waals surface area contributed by atoms with E-state index in [2.05, 4.69) is 4.98 Å². The lowest BCUT2D eigenvalue weighted by Gasteiger charge is -2.31. The van der Waals surface area contributed by atoms with Gasteiger partial charge >= 0.3 is 0 Å². The summed E-state index contributed by atoms with van der Waals surface area (Å²) in [7, 11) is 0. The first-order chi connectivity index (χ1) is 15.3. The van der Waals surface area contributed by atoms with E-state index in [1.165, 1.54) is 29.3 Å². The Morgan fingerprint density at radius 3 is 2.69 bits per heavy atom. The van der Waals surface area contributed by atoms with Crippen LogP contribution in [-0.4, -0.2) is 26.8 Å². The van der Waals surface area contributed by atoms with Crippen LogP contribution >= 0.6 is 11.6 Å². The van der Waals surface area contributed by atoms with E-state index in [4.69, 9.17) is 17.3 Å².